The summed E-state index contributed by atoms with van der Waals surface area (Å²) < 4.78 is 24.3. The molecule has 0 atom stereocenters. The normalized spacial score (nSPS) is 15.8. The molecule has 7 heteroatoms. The van der Waals surface area contributed by atoms with Crippen LogP contribution in [0.25, 0.3) is 0 Å². The number of rotatable bonds is 7. The second-order valence-electron chi connectivity index (χ2n) is 6.12. The standard InChI is InChI=1S/C17H26N2O3S.ClH/c1-18-16-9-11-19(12-10-16)17(20)14-23(21,22)13-5-8-15-6-3-2-4-7-15;/h2-4,6-7,16,18H,5,8-14H2,1H3;1H. The molecule has 1 aliphatic heterocycles. The largest absolute Gasteiger partial charge is 0.342 e. The van der Waals surface area contributed by atoms with E-state index in [-0.39, 0.29) is 29.8 Å². The van der Waals surface area contributed by atoms with E-state index in [0.29, 0.717) is 25.6 Å². The van der Waals surface area contributed by atoms with Gasteiger partial charge in [0.25, 0.3) is 0 Å². The minimum absolute atomic E-state index is 0. The zero-order valence-electron chi connectivity index (χ0n) is 14.1. The van der Waals surface area contributed by atoms with Crippen LogP contribution in [0.3, 0.4) is 0 Å². The molecule has 1 fully saturated rings. The van der Waals surface area contributed by atoms with Crippen molar-refractivity contribution in [1.82, 2.24) is 10.2 Å². The molecule has 0 unspecified atom stereocenters. The second kappa shape index (κ2) is 10.0. The monoisotopic (exact) mass is 374 g/mol. The fourth-order valence-corrected chi connectivity index (χ4v) is 4.20. The summed E-state index contributed by atoms with van der Waals surface area (Å²) in [6.07, 6.45) is 3.05. The maximum absolute atomic E-state index is 12.2. The van der Waals surface area contributed by atoms with Crippen molar-refractivity contribution in [3.8, 4) is 0 Å². The van der Waals surface area contributed by atoms with Gasteiger partial charge in [0, 0.05) is 19.1 Å². The molecule has 5 nitrogen and oxygen atoms in total. The molecule has 0 bridgehead atoms. The third kappa shape index (κ3) is 6.79. The topological polar surface area (TPSA) is 66.5 Å². The van der Waals surface area contributed by atoms with E-state index >= 15 is 0 Å². The first kappa shape index (κ1) is 20.9. The SMILES string of the molecule is CNC1CCN(C(=O)CS(=O)(=O)CCCc2ccccc2)CC1.Cl. The first-order chi connectivity index (χ1) is 11.0. The fourth-order valence-electron chi connectivity index (χ4n) is 2.91. The Labute approximate surface area is 151 Å². The van der Waals surface area contributed by atoms with Gasteiger partial charge in [0.1, 0.15) is 5.75 Å². The molecule has 0 saturated carbocycles. The number of benzene rings is 1. The molecule has 1 aliphatic rings. The Morgan fingerprint density at radius 1 is 1.21 bits per heavy atom. The van der Waals surface area contributed by atoms with Crippen molar-refractivity contribution < 1.29 is 13.2 Å². The van der Waals surface area contributed by atoms with Crippen LogP contribution in [0.1, 0.15) is 24.8 Å². The Hall–Kier alpha value is -1.11. The Bertz CT molecular complexity index is 600. The number of halogens is 1. The van der Waals surface area contributed by atoms with Gasteiger partial charge >= 0.3 is 0 Å². The average Bonchev–Trinajstić information content (AvgIpc) is 2.55. The molecular weight excluding hydrogens is 348 g/mol. The minimum Gasteiger partial charge on any atom is -0.342 e. The highest BCUT2D eigenvalue weighted by atomic mass is 35.5. The van der Waals surface area contributed by atoms with Crippen LogP contribution in [0.5, 0.6) is 0 Å². The van der Waals surface area contributed by atoms with Gasteiger partial charge in [-0.25, -0.2) is 8.42 Å². The van der Waals surface area contributed by atoms with Gasteiger partial charge in [0.15, 0.2) is 9.84 Å². The number of nitrogens with zero attached hydrogens (tertiary/aromatic N) is 1. The third-order valence-electron chi connectivity index (χ3n) is 4.36. The fraction of sp³-hybridized carbons (Fsp3) is 0.588. The van der Waals surface area contributed by atoms with Crippen LogP contribution in [0.4, 0.5) is 0 Å². The Balaban J connectivity index is 0.00000288. The summed E-state index contributed by atoms with van der Waals surface area (Å²) in [5, 5.41) is 3.20. The van der Waals surface area contributed by atoms with Crippen molar-refractivity contribution in [3.05, 3.63) is 35.9 Å². The first-order valence-electron chi connectivity index (χ1n) is 8.19. The van der Waals surface area contributed by atoms with E-state index < -0.39 is 9.84 Å². The van der Waals surface area contributed by atoms with Gasteiger partial charge in [-0.2, -0.15) is 0 Å². The molecule has 2 rings (SSSR count). The van der Waals surface area contributed by atoms with Crippen molar-refractivity contribution in [2.45, 2.75) is 31.7 Å². The van der Waals surface area contributed by atoms with E-state index in [4.69, 9.17) is 0 Å². The Morgan fingerprint density at radius 3 is 2.42 bits per heavy atom. The van der Waals surface area contributed by atoms with E-state index in [0.717, 1.165) is 24.8 Å². The number of sulfone groups is 1. The third-order valence-corrected chi connectivity index (χ3v) is 5.96. The first-order valence-corrected chi connectivity index (χ1v) is 10.0. The molecule has 0 aromatic heterocycles. The van der Waals surface area contributed by atoms with Crippen LogP contribution >= 0.6 is 12.4 Å². The van der Waals surface area contributed by atoms with E-state index in [1.54, 1.807) is 4.90 Å². The van der Waals surface area contributed by atoms with Gasteiger partial charge < -0.3 is 10.2 Å². The van der Waals surface area contributed by atoms with Gasteiger partial charge in [0.2, 0.25) is 5.91 Å². The van der Waals surface area contributed by atoms with Crippen LogP contribution in [-0.4, -0.2) is 56.9 Å². The van der Waals surface area contributed by atoms with E-state index in [1.807, 2.05) is 37.4 Å². The smallest absolute Gasteiger partial charge is 0.237 e. The number of nitrogens with one attached hydrogen (secondary N) is 1. The summed E-state index contributed by atoms with van der Waals surface area (Å²) in [7, 11) is -1.41. The predicted molar refractivity (Wildman–Crippen MR) is 99.3 cm³/mol. The van der Waals surface area contributed by atoms with Gasteiger partial charge in [-0.3, -0.25) is 4.79 Å². The Kier molecular flexibility index (Phi) is 8.73. The quantitative estimate of drug-likeness (QED) is 0.788. The highest BCUT2D eigenvalue weighted by molar-refractivity contribution is 7.92. The number of piperidine rings is 1. The molecule has 0 radical (unpaired) electrons. The van der Waals surface area contributed by atoms with Crippen molar-refractivity contribution in [1.29, 1.82) is 0 Å². The second-order valence-corrected chi connectivity index (χ2v) is 8.31. The lowest BCUT2D eigenvalue weighted by Crippen LogP contribution is -2.45. The highest BCUT2D eigenvalue weighted by Gasteiger charge is 2.25. The maximum Gasteiger partial charge on any atom is 0.237 e. The molecule has 1 heterocycles. The Morgan fingerprint density at radius 2 is 1.83 bits per heavy atom. The lowest BCUT2D eigenvalue weighted by atomic mass is 10.1. The number of hydrogen-bond donors (Lipinski definition) is 1. The molecule has 24 heavy (non-hydrogen) atoms. The molecule has 1 N–H and O–H groups in total. The van der Waals surface area contributed by atoms with Crippen LogP contribution in [-0.2, 0) is 21.1 Å². The van der Waals surface area contributed by atoms with Gasteiger partial charge in [-0.05, 0) is 38.3 Å². The summed E-state index contributed by atoms with van der Waals surface area (Å²) in [6, 6.07) is 10.2. The summed E-state index contributed by atoms with van der Waals surface area (Å²) in [5.74, 6) is -0.536. The highest BCUT2D eigenvalue weighted by Crippen LogP contribution is 2.11. The summed E-state index contributed by atoms with van der Waals surface area (Å²) in [4.78, 5) is 13.9. The zero-order chi connectivity index (χ0) is 16.7. The molecule has 1 amide bonds. The summed E-state index contributed by atoms with van der Waals surface area (Å²) in [5.41, 5.74) is 1.13. The van der Waals surface area contributed by atoms with Crippen LogP contribution < -0.4 is 5.32 Å². The predicted octanol–water partition coefficient (Wildman–Crippen LogP) is 1.67. The number of hydrogen-bond acceptors (Lipinski definition) is 4. The molecule has 136 valence electrons. The summed E-state index contributed by atoms with van der Waals surface area (Å²) >= 11 is 0. The molecule has 1 saturated heterocycles. The van der Waals surface area contributed by atoms with Crippen molar-refractivity contribution in [3.63, 3.8) is 0 Å². The van der Waals surface area contributed by atoms with Crippen molar-refractivity contribution >= 4 is 28.2 Å². The summed E-state index contributed by atoms with van der Waals surface area (Å²) in [6.45, 7) is 1.29. The number of aryl methyl sites for hydroxylation is 1. The lowest BCUT2D eigenvalue weighted by Gasteiger charge is -2.31. The van der Waals surface area contributed by atoms with Gasteiger partial charge in [-0.15, -0.1) is 12.4 Å². The van der Waals surface area contributed by atoms with Gasteiger partial charge in [-0.1, -0.05) is 30.3 Å². The van der Waals surface area contributed by atoms with Gasteiger partial charge in [0.05, 0.1) is 5.75 Å². The van der Waals surface area contributed by atoms with Crippen molar-refractivity contribution in [2.75, 3.05) is 31.6 Å². The van der Waals surface area contributed by atoms with E-state index in [1.165, 1.54) is 0 Å². The van der Waals surface area contributed by atoms with Crippen LogP contribution in [0.2, 0.25) is 0 Å². The number of carbonyl (C=O) groups is 1. The molecular formula is C17H27ClN2O3S. The number of amides is 1. The van der Waals surface area contributed by atoms with Crippen molar-refractivity contribution in [2.24, 2.45) is 0 Å². The van der Waals surface area contributed by atoms with Crippen LogP contribution in [0, 0.1) is 0 Å². The zero-order valence-corrected chi connectivity index (χ0v) is 15.7. The number of likely N-dealkylation sites (tertiary alicyclic amines) is 1. The molecule has 1 aromatic carbocycles. The lowest BCUT2D eigenvalue weighted by molar-refractivity contribution is -0.129. The maximum atomic E-state index is 12.2. The van der Waals surface area contributed by atoms with Crippen LogP contribution in [0.15, 0.2) is 30.3 Å². The average molecular weight is 375 g/mol. The molecule has 0 spiro atoms. The van der Waals surface area contributed by atoms with E-state index in [9.17, 15) is 13.2 Å². The number of carbonyl (C=O) groups excluding carboxylic acids is 1. The molecule has 1 aromatic rings. The van der Waals surface area contributed by atoms with E-state index in [2.05, 4.69) is 5.32 Å². The molecule has 0 aliphatic carbocycles. The minimum atomic E-state index is -3.33.